The van der Waals surface area contributed by atoms with Gasteiger partial charge >= 0.3 is 0 Å². The first kappa shape index (κ1) is 30.8. The molecule has 0 saturated heterocycles. The van der Waals surface area contributed by atoms with Crippen LogP contribution in [0.4, 0.5) is 0 Å². The average Bonchev–Trinajstić information content (AvgIpc) is 3.13. The molecule has 2 nitrogen and oxygen atoms in total. The van der Waals surface area contributed by atoms with Crippen LogP contribution >= 0.6 is 20.1 Å². The van der Waals surface area contributed by atoms with Gasteiger partial charge in [-0.05, 0) is 81.6 Å². The number of thiocarbonyl (C=S) groups is 1. The molecule has 2 N–H and O–H groups in total. The van der Waals surface area contributed by atoms with Gasteiger partial charge in [0.2, 0.25) is 0 Å². The minimum Gasteiger partial charge on any atom is -0.359 e. The maximum atomic E-state index is 6.24. The third kappa shape index (κ3) is 7.28. The zero-order valence-electron chi connectivity index (χ0n) is 26.2. The van der Waals surface area contributed by atoms with Crippen molar-refractivity contribution in [2.45, 2.75) is 18.5 Å². The minimum absolute atomic E-state index is 0.115. The van der Waals surface area contributed by atoms with Crippen LogP contribution in [0.1, 0.15) is 22.7 Å². The molecule has 230 valence electrons. The van der Waals surface area contributed by atoms with Crippen LogP contribution in [-0.4, -0.2) is 17.3 Å². The quantitative estimate of drug-likeness (QED) is 0.115. The molecule has 0 saturated carbocycles. The summed E-state index contributed by atoms with van der Waals surface area (Å²) in [5.74, 6) is 0. The standard InChI is InChI=1S/C43H37N2PS/c47-43(44-35(30-32-16-4-1-5-17-32)31-46(36-22-6-2-7-23-36)37-24-8-3-9-25-37)45-42(40-28-14-20-33-18-10-12-26-38(33)40)41-29-15-21-34-19-11-13-27-39(34)41/h1-29,35,42H,30-31H2,(H2,44,45,47)/t35-/m0/s1. The third-order valence-electron chi connectivity index (χ3n) is 8.74. The van der Waals surface area contributed by atoms with Gasteiger partial charge in [-0.2, -0.15) is 0 Å². The monoisotopic (exact) mass is 644 g/mol. The molecule has 7 aromatic rings. The highest BCUT2D eigenvalue weighted by molar-refractivity contribution is 7.80. The Labute approximate surface area is 284 Å². The van der Waals surface area contributed by atoms with E-state index in [0.717, 1.165) is 12.6 Å². The number of benzene rings is 7. The van der Waals surface area contributed by atoms with Crippen molar-refractivity contribution < 1.29 is 0 Å². The molecular weight excluding hydrogens is 608 g/mol. The summed E-state index contributed by atoms with van der Waals surface area (Å²) in [6.45, 7) is 0. The van der Waals surface area contributed by atoms with Crippen molar-refractivity contribution in [3.63, 3.8) is 0 Å². The minimum atomic E-state index is -0.622. The molecule has 0 unspecified atom stereocenters. The molecule has 0 radical (unpaired) electrons. The van der Waals surface area contributed by atoms with E-state index in [1.165, 1.54) is 48.8 Å². The summed E-state index contributed by atoms with van der Waals surface area (Å²) in [5.41, 5.74) is 3.71. The van der Waals surface area contributed by atoms with Crippen LogP contribution in [0.3, 0.4) is 0 Å². The van der Waals surface area contributed by atoms with E-state index in [2.05, 4.69) is 187 Å². The molecule has 0 fully saturated rings. The SMILES string of the molecule is S=C(NC(c1cccc2ccccc12)c1cccc2ccccc12)N[C@@H](Cc1ccccc1)CP(c1ccccc1)c1ccccc1. The molecule has 0 aliphatic heterocycles. The van der Waals surface area contributed by atoms with Gasteiger partial charge in [-0.3, -0.25) is 0 Å². The van der Waals surface area contributed by atoms with E-state index < -0.39 is 7.92 Å². The van der Waals surface area contributed by atoms with Crippen molar-refractivity contribution in [1.82, 2.24) is 10.6 Å². The highest BCUT2D eigenvalue weighted by Crippen LogP contribution is 2.36. The van der Waals surface area contributed by atoms with Crippen molar-refractivity contribution in [3.8, 4) is 0 Å². The van der Waals surface area contributed by atoms with Crippen molar-refractivity contribution in [2.75, 3.05) is 6.16 Å². The van der Waals surface area contributed by atoms with E-state index in [-0.39, 0.29) is 12.1 Å². The summed E-state index contributed by atoms with van der Waals surface area (Å²) in [6.07, 6.45) is 1.82. The largest absolute Gasteiger partial charge is 0.359 e. The summed E-state index contributed by atoms with van der Waals surface area (Å²) in [5, 5.41) is 16.0. The van der Waals surface area contributed by atoms with Crippen LogP contribution in [0.5, 0.6) is 0 Å². The summed E-state index contributed by atoms with van der Waals surface area (Å²) in [7, 11) is -0.622. The summed E-state index contributed by atoms with van der Waals surface area (Å²) < 4.78 is 0. The van der Waals surface area contributed by atoms with Gasteiger partial charge in [-0.15, -0.1) is 0 Å². The molecule has 0 amide bonds. The Morgan fingerprint density at radius 2 is 0.936 bits per heavy atom. The Morgan fingerprint density at radius 1 is 0.489 bits per heavy atom. The molecule has 0 aliphatic carbocycles. The van der Waals surface area contributed by atoms with Gasteiger partial charge in [0.25, 0.3) is 0 Å². The number of rotatable bonds is 10. The predicted molar refractivity (Wildman–Crippen MR) is 206 cm³/mol. The van der Waals surface area contributed by atoms with Crippen molar-refractivity contribution >= 4 is 57.4 Å². The lowest BCUT2D eigenvalue weighted by Crippen LogP contribution is -2.46. The Kier molecular flexibility index (Phi) is 9.66. The highest BCUT2D eigenvalue weighted by Gasteiger charge is 2.24. The molecule has 0 aromatic heterocycles. The molecule has 0 heterocycles. The molecule has 1 atom stereocenters. The highest BCUT2D eigenvalue weighted by atomic mass is 32.1. The fraction of sp³-hybridized carbons (Fsp3) is 0.0930. The third-order valence-corrected chi connectivity index (χ3v) is 11.6. The van der Waals surface area contributed by atoms with E-state index in [9.17, 15) is 0 Å². The lowest BCUT2D eigenvalue weighted by molar-refractivity contribution is 0.644. The summed E-state index contributed by atoms with van der Waals surface area (Å²) in [6, 6.07) is 63.0. The van der Waals surface area contributed by atoms with E-state index in [4.69, 9.17) is 12.2 Å². The number of fused-ring (bicyclic) bond motifs is 2. The second-order valence-electron chi connectivity index (χ2n) is 11.9. The van der Waals surface area contributed by atoms with Crippen LogP contribution in [0.2, 0.25) is 0 Å². The number of hydrogen-bond acceptors (Lipinski definition) is 1. The van der Waals surface area contributed by atoms with E-state index in [0.29, 0.717) is 5.11 Å². The molecule has 47 heavy (non-hydrogen) atoms. The van der Waals surface area contributed by atoms with Crippen molar-refractivity contribution in [1.29, 1.82) is 0 Å². The van der Waals surface area contributed by atoms with Gasteiger partial charge in [-0.1, -0.05) is 176 Å². The molecule has 7 rings (SSSR count). The molecular formula is C43H37N2PS. The molecule has 0 bridgehead atoms. The van der Waals surface area contributed by atoms with Gasteiger partial charge in [0.1, 0.15) is 0 Å². The van der Waals surface area contributed by atoms with Crippen LogP contribution < -0.4 is 21.2 Å². The number of hydrogen-bond donors (Lipinski definition) is 2. The van der Waals surface area contributed by atoms with Gasteiger partial charge in [-0.25, -0.2) is 0 Å². The maximum Gasteiger partial charge on any atom is 0.167 e. The van der Waals surface area contributed by atoms with Gasteiger partial charge in [0, 0.05) is 6.04 Å². The van der Waals surface area contributed by atoms with E-state index in [1.54, 1.807) is 0 Å². The fourth-order valence-corrected chi connectivity index (χ4v) is 9.27. The van der Waals surface area contributed by atoms with E-state index >= 15 is 0 Å². The second-order valence-corrected chi connectivity index (χ2v) is 14.5. The van der Waals surface area contributed by atoms with Gasteiger partial charge in [0.15, 0.2) is 5.11 Å². The van der Waals surface area contributed by atoms with Crippen LogP contribution in [0.15, 0.2) is 176 Å². The Hall–Kier alpha value is -4.82. The second kappa shape index (κ2) is 14.7. The predicted octanol–water partition coefficient (Wildman–Crippen LogP) is 9.29. The first-order valence-electron chi connectivity index (χ1n) is 16.2. The van der Waals surface area contributed by atoms with E-state index in [1.807, 2.05) is 0 Å². The fourth-order valence-electron chi connectivity index (χ4n) is 6.54. The Balaban J connectivity index is 1.25. The van der Waals surface area contributed by atoms with Gasteiger partial charge < -0.3 is 10.6 Å². The lowest BCUT2D eigenvalue weighted by atomic mass is 9.90. The van der Waals surface area contributed by atoms with Crippen LogP contribution in [0.25, 0.3) is 21.5 Å². The first-order valence-corrected chi connectivity index (χ1v) is 18.1. The zero-order valence-corrected chi connectivity index (χ0v) is 27.9. The maximum absolute atomic E-state index is 6.24. The average molecular weight is 645 g/mol. The summed E-state index contributed by atoms with van der Waals surface area (Å²) >= 11 is 6.24. The van der Waals surface area contributed by atoms with Crippen LogP contribution in [0, 0.1) is 0 Å². The molecule has 0 aliphatic rings. The lowest BCUT2D eigenvalue weighted by Gasteiger charge is -2.29. The Bertz CT molecular complexity index is 1950. The van der Waals surface area contributed by atoms with Crippen molar-refractivity contribution in [2.24, 2.45) is 0 Å². The first-order chi connectivity index (χ1) is 23.2. The summed E-state index contributed by atoms with van der Waals surface area (Å²) in [4.78, 5) is 0. The smallest absolute Gasteiger partial charge is 0.167 e. The molecule has 7 aromatic carbocycles. The number of nitrogens with one attached hydrogen (secondary N) is 2. The zero-order chi connectivity index (χ0) is 31.8. The van der Waals surface area contributed by atoms with Crippen molar-refractivity contribution in [3.05, 3.63) is 193 Å². The molecule has 4 heteroatoms. The van der Waals surface area contributed by atoms with Crippen LogP contribution in [-0.2, 0) is 6.42 Å². The van der Waals surface area contributed by atoms with Gasteiger partial charge in [0.05, 0.1) is 6.04 Å². The Morgan fingerprint density at radius 3 is 1.47 bits per heavy atom. The normalized spacial score (nSPS) is 12.0. The topological polar surface area (TPSA) is 24.1 Å². The molecule has 0 spiro atoms.